The summed E-state index contributed by atoms with van der Waals surface area (Å²) in [6, 6.07) is 9.20. The Hall–Kier alpha value is -2.55. The highest BCUT2D eigenvalue weighted by Crippen LogP contribution is 2.32. The molecule has 0 unspecified atom stereocenters. The van der Waals surface area contributed by atoms with Gasteiger partial charge in [-0.3, -0.25) is 9.59 Å². The average Bonchev–Trinajstić information content (AvgIpc) is 3.12. The number of thioether (sulfide) groups is 1. The highest BCUT2D eigenvalue weighted by Gasteiger charge is 2.36. The van der Waals surface area contributed by atoms with Crippen molar-refractivity contribution in [1.29, 1.82) is 0 Å². The molecule has 0 spiro atoms. The fourth-order valence-corrected chi connectivity index (χ4v) is 3.77. The number of nitrogens with zero attached hydrogens (tertiary/aromatic N) is 1. The first-order valence-corrected chi connectivity index (χ1v) is 9.04. The summed E-state index contributed by atoms with van der Waals surface area (Å²) in [5.74, 6) is -1.56. The summed E-state index contributed by atoms with van der Waals surface area (Å²) in [5.41, 5.74) is -1.25. The summed E-state index contributed by atoms with van der Waals surface area (Å²) in [5, 5.41) is 2.18. The summed E-state index contributed by atoms with van der Waals surface area (Å²) in [7, 11) is 0. The van der Waals surface area contributed by atoms with Gasteiger partial charge in [0.1, 0.15) is 11.9 Å². The maximum atomic E-state index is 13.9. The Bertz CT molecular complexity index is 858. The van der Waals surface area contributed by atoms with Crippen LogP contribution in [-0.4, -0.2) is 34.4 Å². The maximum absolute atomic E-state index is 13.9. The zero-order valence-corrected chi connectivity index (χ0v) is 14.6. The van der Waals surface area contributed by atoms with Crippen molar-refractivity contribution in [2.75, 3.05) is 16.9 Å². The molecule has 2 amide bonds. The Morgan fingerprint density at radius 3 is 2.48 bits per heavy atom. The van der Waals surface area contributed by atoms with Crippen molar-refractivity contribution in [2.45, 2.75) is 12.2 Å². The van der Waals surface area contributed by atoms with Gasteiger partial charge in [-0.05, 0) is 30.3 Å². The molecule has 0 aliphatic carbocycles. The van der Waals surface area contributed by atoms with E-state index < -0.39 is 35.2 Å². The number of nitrogens with one attached hydrogen (secondary N) is 1. The number of hydrogen-bond donors (Lipinski definition) is 1. The Labute approximate surface area is 156 Å². The number of benzene rings is 2. The quantitative estimate of drug-likeness (QED) is 0.796. The predicted octanol–water partition coefficient (Wildman–Crippen LogP) is 4.00. The summed E-state index contributed by atoms with van der Waals surface area (Å²) < 4.78 is 52.3. The lowest BCUT2D eigenvalue weighted by Crippen LogP contribution is -2.44. The molecule has 0 radical (unpaired) electrons. The second-order valence-corrected chi connectivity index (χ2v) is 6.84. The summed E-state index contributed by atoms with van der Waals surface area (Å²) in [6.07, 6.45) is -4.66. The fourth-order valence-electron chi connectivity index (χ4n) is 2.62. The van der Waals surface area contributed by atoms with Crippen LogP contribution in [0, 0.1) is 5.82 Å². The lowest BCUT2D eigenvalue weighted by Gasteiger charge is -2.23. The number of carbonyl (C=O) groups excluding carboxylic acids is 2. The van der Waals surface area contributed by atoms with Gasteiger partial charge in [0.05, 0.1) is 17.1 Å². The average molecular weight is 398 g/mol. The standard InChI is InChI=1S/C18H14F4N2O2S/c19-13-7-6-12(18(20,21)22)8-14(13)23-16(25)15-9-27-10-24(15)17(26)11-4-2-1-3-5-11/h1-8,15H,9-10H2,(H,23,25)/t15-/m0/s1. The fraction of sp³-hybridized carbons (Fsp3) is 0.222. The van der Waals surface area contributed by atoms with E-state index in [0.29, 0.717) is 23.8 Å². The minimum absolute atomic E-state index is 0.261. The largest absolute Gasteiger partial charge is 0.416 e. The molecule has 1 fully saturated rings. The van der Waals surface area contributed by atoms with Gasteiger partial charge in [-0.2, -0.15) is 13.2 Å². The monoisotopic (exact) mass is 398 g/mol. The second-order valence-electron chi connectivity index (χ2n) is 5.84. The van der Waals surface area contributed by atoms with Crippen molar-refractivity contribution in [2.24, 2.45) is 0 Å². The number of alkyl halides is 3. The van der Waals surface area contributed by atoms with E-state index >= 15 is 0 Å². The Morgan fingerprint density at radius 2 is 1.81 bits per heavy atom. The molecule has 1 heterocycles. The number of halogens is 4. The molecule has 2 aromatic carbocycles. The van der Waals surface area contributed by atoms with Crippen molar-refractivity contribution in [1.82, 2.24) is 4.90 Å². The molecule has 3 rings (SSSR count). The third-order valence-electron chi connectivity index (χ3n) is 4.02. The van der Waals surface area contributed by atoms with E-state index in [4.69, 9.17) is 0 Å². The van der Waals surface area contributed by atoms with E-state index in [2.05, 4.69) is 5.32 Å². The summed E-state index contributed by atoms with van der Waals surface area (Å²) in [4.78, 5) is 26.4. The van der Waals surface area contributed by atoms with Gasteiger partial charge in [-0.15, -0.1) is 11.8 Å². The molecular formula is C18H14F4N2O2S. The molecule has 4 nitrogen and oxygen atoms in total. The third kappa shape index (κ3) is 4.24. The van der Waals surface area contributed by atoms with E-state index in [1.165, 1.54) is 16.7 Å². The first kappa shape index (κ1) is 19.2. The van der Waals surface area contributed by atoms with Crippen molar-refractivity contribution in [3.63, 3.8) is 0 Å². The first-order chi connectivity index (χ1) is 12.8. The number of amides is 2. The van der Waals surface area contributed by atoms with E-state index in [0.717, 1.165) is 0 Å². The normalized spacial score (nSPS) is 17.0. The number of anilines is 1. The van der Waals surface area contributed by atoms with Crippen molar-refractivity contribution in [3.05, 3.63) is 65.5 Å². The molecule has 0 bridgehead atoms. The smallest absolute Gasteiger partial charge is 0.322 e. The van der Waals surface area contributed by atoms with Crippen LogP contribution in [0.3, 0.4) is 0 Å². The summed E-state index contributed by atoms with van der Waals surface area (Å²) in [6.45, 7) is 0. The van der Waals surface area contributed by atoms with Crippen LogP contribution in [0.5, 0.6) is 0 Å². The molecule has 0 aromatic heterocycles. The number of rotatable bonds is 3. The van der Waals surface area contributed by atoms with Crippen LogP contribution in [0.25, 0.3) is 0 Å². The second kappa shape index (κ2) is 7.59. The molecule has 1 aliphatic rings. The highest BCUT2D eigenvalue weighted by molar-refractivity contribution is 7.99. The minimum atomic E-state index is -4.66. The van der Waals surface area contributed by atoms with Crippen LogP contribution in [0.1, 0.15) is 15.9 Å². The Morgan fingerprint density at radius 1 is 1.11 bits per heavy atom. The zero-order valence-electron chi connectivity index (χ0n) is 13.8. The molecule has 1 atom stereocenters. The number of carbonyl (C=O) groups is 2. The van der Waals surface area contributed by atoms with Crippen LogP contribution < -0.4 is 5.32 Å². The SMILES string of the molecule is O=C(Nc1cc(C(F)(F)F)ccc1F)[C@@H]1CSCN1C(=O)c1ccccc1. The molecule has 142 valence electrons. The lowest BCUT2D eigenvalue weighted by atomic mass is 10.1. The van der Waals surface area contributed by atoms with Crippen molar-refractivity contribution < 1.29 is 27.2 Å². The van der Waals surface area contributed by atoms with Crippen LogP contribution in [0.2, 0.25) is 0 Å². The van der Waals surface area contributed by atoms with Crippen molar-refractivity contribution >= 4 is 29.3 Å². The molecule has 1 aliphatic heterocycles. The van der Waals surface area contributed by atoms with Gasteiger partial charge in [0, 0.05) is 11.3 Å². The van der Waals surface area contributed by atoms with Gasteiger partial charge in [0.25, 0.3) is 5.91 Å². The molecule has 27 heavy (non-hydrogen) atoms. The van der Waals surface area contributed by atoms with E-state index in [1.807, 2.05) is 0 Å². The Kier molecular flexibility index (Phi) is 5.41. The van der Waals surface area contributed by atoms with Gasteiger partial charge < -0.3 is 10.2 Å². The van der Waals surface area contributed by atoms with Gasteiger partial charge in [0.15, 0.2) is 0 Å². The highest BCUT2D eigenvalue weighted by atomic mass is 32.2. The van der Waals surface area contributed by atoms with Gasteiger partial charge >= 0.3 is 6.18 Å². The van der Waals surface area contributed by atoms with Crippen LogP contribution in [-0.2, 0) is 11.0 Å². The lowest BCUT2D eigenvalue weighted by molar-refractivity contribution is -0.137. The first-order valence-electron chi connectivity index (χ1n) is 7.89. The zero-order chi connectivity index (χ0) is 19.6. The minimum Gasteiger partial charge on any atom is -0.322 e. The van der Waals surface area contributed by atoms with Gasteiger partial charge in [0.2, 0.25) is 5.91 Å². The topological polar surface area (TPSA) is 49.4 Å². The van der Waals surface area contributed by atoms with E-state index in [1.54, 1.807) is 30.3 Å². The molecule has 9 heteroatoms. The molecule has 0 saturated carbocycles. The van der Waals surface area contributed by atoms with E-state index in [9.17, 15) is 27.2 Å². The summed E-state index contributed by atoms with van der Waals surface area (Å²) >= 11 is 1.33. The molecule has 1 saturated heterocycles. The molecule has 1 N–H and O–H groups in total. The molecular weight excluding hydrogens is 384 g/mol. The maximum Gasteiger partial charge on any atom is 0.416 e. The number of hydrogen-bond acceptors (Lipinski definition) is 3. The van der Waals surface area contributed by atoms with Crippen molar-refractivity contribution in [3.8, 4) is 0 Å². The van der Waals surface area contributed by atoms with Crippen LogP contribution in [0.15, 0.2) is 48.5 Å². The molecule has 2 aromatic rings. The van der Waals surface area contributed by atoms with E-state index in [-0.39, 0.29) is 17.5 Å². The van der Waals surface area contributed by atoms with Crippen LogP contribution in [0.4, 0.5) is 23.2 Å². The van der Waals surface area contributed by atoms with Crippen LogP contribution >= 0.6 is 11.8 Å². The van der Waals surface area contributed by atoms with Gasteiger partial charge in [-0.1, -0.05) is 18.2 Å². The van der Waals surface area contributed by atoms with Gasteiger partial charge in [-0.25, -0.2) is 4.39 Å². The predicted molar refractivity (Wildman–Crippen MR) is 93.8 cm³/mol. The Balaban J connectivity index is 1.79. The third-order valence-corrected chi connectivity index (χ3v) is 5.03.